The first-order valence-corrected chi connectivity index (χ1v) is 6.93. The van der Waals surface area contributed by atoms with Gasteiger partial charge in [0.2, 0.25) is 0 Å². The lowest BCUT2D eigenvalue weighted by molar-refractivity contribution is -0.118. The van der Waals surface area contributed by atoms with Crippen LogP contribution in [0.25, 0.3) is 0 Å². The molecule has 0 fully saturated rings. The lowest BCUT2D eigenvalue weighted by Crippen LogP contribution is -2.27. The third-order valence-electron chi connectivity index (χ3n) is 3.83. The summed E-state index contributed by atoms with van der Waals surface area (Å²) in [4.78, 5) is 11.4. The van der Waals surface area contributed by atoms with Gasteiger partial charge in [-0.25, -0.2) is 0 Å². The van der Waals surface area contributed by atoms with Crippen molar-refractivity contribution < 1.29 is 9.53 Å². The van der Waals surface area contributed by atoms with Crippen molar-refractivity contribution in [2.75, 3.05) is 19.0 Å². The van der Waals surface area contributed by atoms with E-state index in [0.717, 1.165) is 24.3 Å². The first-order chi connectivity index (χ1) is 9.19. The Kier molecular flexibility index (Phi) is 4.43. The van der Waals surface area contributed by atoms with Crippen molar-refractivity contribution in [3.8, 4) is 5.75 Å². The Balaban J connectivity index is 2.29. The standard InChI is InChI=1S/C15H22N2O2/c1-4-10(5-2)15(16-3)11-6-7-13-12(8-11)17-14(18)9-19-13/h6-8,10,15-16H,4-5,9H2,1-3H3,(H,17,18). The van der Waals surface area contributed by atoms with E-state index >= 15 is 0 Å². The summed E-state index contributed by atoms with van der Waals surface area (Å²) in [5.41, 5.74) is 1.97. The van der Waals surface area contributed by atoms with Gasteiger partial charge in [-0.1, -0.05) is 32.8 Å². The highest BCUT2D eigenvalue weighted by Gasteiger charge is 2.22. The maximum absolute atomic E-state index is 11.4. The quantitative estimate of drug-likeness (QED) is 0.858. The Morgan fingerprint density at radius 1 is 1.37 bits per heavy atom. The molecule has 0 saturated heterocycles. The Morgan fingerprint density at radius 3 is 2.74 bits per heavy atom. The highest BCUT2D eigenvalue weighted by molar-refractivity contribution is 5.95. The van der Waals surface area contributed by atoms with Crippen molar-refractivity contribution in [3.05, 3.63) is 23.8 Å². The van der Waals surface area contributed by atoms with Crippen molar-refractivity contribution in [1.29, 1.82) is 0 Å². The summed E-state index contributed by atoms with van der Waals surface area (Å²) >= 11 is 0. The molecule has 0 radical (unpaired) electrons. The number of fused-ring (bicyclic) bond motifs is 1. The smallest absolute Gasteiger partial charge is 0.262 e. The normalized spacial score (nSPS) is 15.7. The molecule has 1 heterocycles. The number of ether oxygens (including phenoxy) is 1. The predicted molar refractivity (Wildman–Crippen MR) is 76.4 cm³/mol. The highest BCUT2D eigenvalue weighted by Crippen LogP contribution is 2.34. The van der Waals surface area contributed by atoms with Gasteiger partial charge in [0.05, 0.1) is 5.69 Å². The molecule has 1 aliphatic heterocycles. The van der Waals surface area contributed by atoms with Gasteiger partial charge in [0.1, 0.15) is 5.75 Å². The van der Waals surface area contributed by atoms with Crippen LogP contribution >= 0.6 is 0 Å². The van der Waals surface area contributed by atoms with Crippen LogP contribution in [0.2, 0.25) is 0 Å². The van der Waals surface area contributed by atoms with Gasteiger partial charge >= 0.3 is 0 Å². The summed E-state index contributed by atoms with van der Waals surface area (Å²) in [5, 5.41) is 6.25. The van der Waals surface area contributed by atoms with Crippen molar-refractivity contribution in [3.63, 3.8) is 0 Å². The van der Waals surface area contributed by atoms with E-state index < -0.39 is 0 Å². The molecule has 1 aliphatic rings. The van der Waals surface area contributed by atoms with E-state index in [0.29, 0.717) is 12.0 Å². The van der Waals surface area contributed by atoms with Crippen LogP contribution in [0.4, 0.5) is 5.69 Å². The van der Waals surface area contributed by atoms with Crippen LogP contribution < -0.4 is 15.4 Å². The first kappa shape index (κ1) is 13.9. The third-order valence-corrected chi connectivity index (χ3v) is 3.83. The topological polar surface area (TPSA) is 50.4 Å². The van der Waals surface area contributed by atoms with Gasteiger partial charge in [-0.2, -0.15) is 0 Å². The minimum Gasteiger partial charge on any atom is -0.482 e. The second kappa shape index (κ2) is 6.06. The fourth-order valence-electron chi connectivity index (χ4n) is 2.73. The zero-order chi connectivity index (χ0) is 13.8. The van der Waals surface area contributed by atoms with Crippen LogP contribution in [0.3, 0.4) is 0 Å². The van der Waals surface area contributed by atoms with Crippen LogP contribution in [-0.4, -0.2) is 19.6 Å². The second-order valence-corrected chi connectivity index (χ2v) is 4.94. The number of hydrogen-bond acceptors (Lipinski definition) is 3. The largest absolute Gasteiger partial charge is 0.482 e. The molecule has 2 N–H and O–H groups in total. The van der Waals surface area contributed by atoms with E-state index in [1.807, 2.05) is 19.2 Å². The lowest BCUT2D eigenvalue weighted by atomic mass is 9.88. The molecular formula is C15H22N2O2. The molecule has 0 spiro atoms. The van der Waals surface area contributed by atoms with Crippen LogP contribution in [0.5, 0.6) is 5.75 Å². The van der Waals surface area contributed by atoms with E-state index in [-0.39, 0.29) is 12.5 Å². The number of benzene rings is 1. The number of anilines is 1. The molecule has 4 heteroatoms. The summed E-state index contributed by atoms with van der Waals surface area (Å²) in [6.07, 6.45) is 2.25. The molecule has 1 unspecified atom stereocenters. The summed E-state index contributed by atoms with van der Waals surface area (Å²) in [5.74, 6) is 1.25. The van der Waals surface area contributed by atoms with Gasteiger partial charge in [0.25, 0.3) is 5.91 Å². The maximum atomic E-state index is 11.4. The van der Waals surface area contributed by atoms with Gasteiger partial charge in [0, 0.05) is 6.04 Å². The fraction of sp³-hybridized carbons (Fsp3) is 0.533. The van der Waals surface area contributed by atoms with Gasteiger partial charge in [-0.3, -0.25) is 4.79 Å². The van der Waals surface area contributed by atoms with Crippen molar-refractivity contribution >= 4 is 11.6 Å². The second-order valence-electron chi connectivity index (χ2n) is 4.94. The van der Waals surface area contributed by atoms with Crippen molar-refractivity contribution in [2.24, 2.45) is 5.92 Å². The van der Waals surface area contributed by atoms with E-state index in [1.165, 1.54) is 5.56 Å². The summed E-state index contributed by atoms with van der Waals surface area (Å²) in [6, 6.07) is 6.34. The minimum atomic E-state index is -0.0896. The van der Waals surface area contributed by atoms with E-state index in [1.54, 1.807) is 0 Å². The zero-order valence-electron chi connectivity index (χ0n) is 11.8. The number of amides is 1. The molecular weight excluding hydrogens is 240 g/mol. The van der Waals surface area contributed by atoms with E-state index in [2.05, 4.69) is 30.5 Å². The van der Waals surface area contributed by atoms with Gasteiger partial charge in [-0.15, -0.1) is 0 Å². The molecule has 0 aliphatic carbocycles. The van der Waals surface area contributed by atoms with Crippen LogP contribution in [0, 0.1) is 5.92 Å². The molecule has 1 atom stereocenters. The molecule has 19 heavy (non-hydrogen) atoms. The zero-order valence-corrected chi connectivity index (χ0v) is 11.8. The minimum absolute atomic E-state index is 0.0896. The lowest BCUT2D eigenvalue weighted by Gasteiger charge is -2.27. The third kappa shape index (κ3) is 2.89. The van der Waals surface area contributed by atoms with E-state index in [4.69, 9.17) is 4.74 Å². The number of nitrogens with one attached hydrogen (secondary N) is 2. The average Bonchev–Trinajstić information content (AvgIpc) is 2.43. The van der Waals surface area contributed by atoms with Crippen molar-refractivity contribution in [1.82, 2.24) is 5.32 Å². The molecule has 104 valence electrons. The molecule has 1 aromatic carbocycles. The van der Waals surface area contributed by atoms with Crippen LogP contribution in [0.15, 0.2) is 18.2 Å². The SMILES string of the molecule is CCC(CC)C(NC)c1ccc2c(c1)NC(=O)CO2. The molecule has 0 saturated carbocycles. The highest BCUT2D eigenvalue weighted by atomic mass is 16.5. The summed E-state index contributed by atoms with van der Waals surface area (Å²) in [7, 11) is 1.98. The number of rotatable bonds is 5. The van der Waals surface area contributed by atoms with Gasteiger partial charge in [-0.05, 0) is 30.7 Å². The molecule has 2 rings (SSSR count). The Morgan fingerprint density at radius 2 is 2.11 bits per heavy atom. The number of carbonyl (C=O) groups is 1. The predicted octanol–water partition coefficient (Wildman–Crippen LogP) is 2.71. The Hall–Kier alpha value is -1.55. The maximum Gasteiger partial charge on any atom is 0.262 e. The molecule has 1 amide bonds. The monoisotopic (exact) mass is 262 g/mol. The van der Waals surface area contributed by atoms with Gasteiger partial charge in [0.15, 0.2) is 6.61 Å². The summed E-state index contributed by atoms with van der Waals surface area (Å²) in [6.45, 7) is 4.53. The van der Waals surface area contributed by atoms with Gasteiger partial charge < -0.3 is 15.4 Å². The molecule has 4 nitrogen and oxygen atoms in total. The first-order valence-electron chi connectivity index (χ1n) is 6.93. The number of carbonyl (C=O) groups excluding carboxylic acids is 1. The van der Waals surface area contributed by atoms with Crippen LogP contribution in [-0.2, 0) is 4.79 Å². The van der Waals surface area contributed by atoms with E-state index in [9.17, 15) is 4.79 Å². The molecule has 1 aromatic rings. The van der Waals surface area contributed by atoms with Crippen LogP contribution in [0.1, 0.15) is 38.3 Å². The molecule has 0 bridgehead atoms. The molecule has 0 aromatic heterocycles. The van der Waals surface area contributed by atoms with Crippen molar-refractivity contribution in [2.45, 2.75) is 32.7 Å². The Labute approximate surface area is 114 Å². The fourth-order valence-corrected chi connectivity index (χ4v) is 2.73. The summed E-state index contributed by atoms with van der Waals surface area (Å²) < 4.78 is 5.38. The Bertz CT molecular complexity index is 455. The average molecular weight is 262 g/mol. The number of hydrogen-bond donors (Lipinski definition) is 2.